The van der Waals surface area contributed by atoms with E-state index < -0.39 is 6.17 Å². The van der Waals surface area contributed by atoms with Crippen molar-refractivity contribution in [3.63, 3.8) is 0 Å². The molecule has 0 aliphatic carbocycles. The van der Waals surface area contributed by atoms with Crippen LogP contribution in [-0.4, -0.2) is 30.1 Å². The summed E-state index contributed by atoms with van der Waals surface area (Å²) >= 11 is 0. The molecule has 1 aromatic rings. The van der Waals surface area contributed by atoms with Crippen molar-refractivity contribution in [1.29, 1.82) is 0 Å². The summed E-state index contributed by atoms with van der Waals surface area (Å²) in [5.74, 6) is -0.0600. The first kappa shape index (κ1) is 13.7. The fourth-order valence-corrected chi connectivity index (χ4v) is 1.78. The van der Waals surface area contributed by atoms with E-state index in [1.54, 1.807) is 17.0 Å². The lowest BCUT2D eigenvalue weighted by Gasteiger charge is -2.15. The van der Waals surface area contributed by atoms with Gasteiger partial charge in [-0.3, -0.25) is 4.79 Å². The number of benzene rings is 1. The SMILES string of the molecule is CC.Cc1ccc(C(=O)N2CCC(F)C2)cc1. The Bertz CT molecular complexity index is 361. The second kappa shape index (κ2) is 6.38. The summed E-state index contributed by atoms with van der Waals surface area (Å²) < 4.78 is 12.9. The predicted octanol–water partition coefficient (Wildman–Crippen LogP) is 3.21. The summed E-state index contributed by atoms with van der Waals surface area (Å²) in [6, 6.07) is 7.39. The number of hydrogen-bond donors (Lipinski definition) is 0. The molecule has 0 saturated carbocycles. The van der Waals surface area contributed by atoms with E-state index in [1.165, 1.54) is 0 Å². The van der Waals surface area contributed by atoms with Crippen LogP contribution in [-0.2, 0) is 0 Å². The molecular weight excluding hydrogens is 217 g/mol. The number of carbonyl (C=O) groups excluding carboxylic acids is 1. The van der Waals surface area contributed by atoms with Gasteiger partial charge in [-0.15, -0.1) is 0 Å². The highest BCUT2D eigenvalue weighted by Gasteiger charge is 2.26. The highest BCUT2D eigenvalue weighted by Crippen LogP contribution is 2.15. The van der Waals surface area contributed by atoms with E-state index in [4.69, 9.17) is 0 Å². The van der Waals surface area contributed by atoms with Crippen molar-refractivity contribution in [3.05, 3.63) is 35.4 Å². The molecule has 1 heterocycles. The van der Waals surface area contributed by atoms with Crippen LogP contribution in [0.3, 0.4) is 0 Å². The Morgan fingerprint density at radius 1 is 1.29 bits per heavy atom. The van der Waals surface area contributed by atoms with Crippen molar-refractivity contribution >= 4 is 5.91 Å². The van der Waals surface area contributed by atoms with E-state index in [2.05, 4.69) is 0 Å². The fraction of sp³-hybridized carbons (Fsp3) is 0.500. The lowest BCUT2D eigenvalue weighted by Crippen LogP contribution is -2.28. The third kappa shape index (κ3) is 3.55. The van der Waals surface area contributed by atoms with Gasteiger partial charge in [0, 0.05) is 12.1 Å². The van der Waals surface area contributed by atoms with Gasteiger partial charge < -0.3 is 4.90 Å². The maximum atomic E-state index is 12.9. The zero-order valence-corrected chi connectivity index (χ0v) is 10.7. The van der Waals surface area contributed by atoms with Crippen molar-refractivity contribution in [2.24, 2.45) is 0 Å². The summed E-state index contributed by atoms with van der Waals surface area (Å²) in [5, 5.41) is 0. The largest absolute Gasteiger partial charge is 0.336 e. The molecular formula is C14H20FNO. The monoisotopic (exact) mass is 237 g/mol. The first-order chi connectivity index (χ1) is 8.16. The quantitative estimate of drug-likeness (QED) is 0.734. The number of rotatable bonds is 1. The molecule has 0 spiro atoms. The molecule has 1 aliphatic rings. The molecule has 1 aliphatic heterocycles. The molecule has 1 saturated heterocycles. The second-order valence-electron chi connectivity index (χ2n) is 4.00. The summed E-state index contributed by atoms with van der Waals surface area (Å²) in [6.07, 6.45) is -0.378. The third-order valence-electron chi connectivity index (χ3n) is 2.72. The van der Waals surface area contributed by atoms with Crippen LogP contribution in [0.25, 0.3) is 0 Å². The molecule has 1 aromatic carbocycles. The second-order valence-corrected chi connectivity index (χ2v) is 4.00. The van der Waals surface area contributed by atoms with Gasteiger partial charge in [0.1, 0.15) is 6.17 Å². The first-order valence-corrected chi connectivity index (χ1v) is 6.17. The van der Waals surface area contributed by atoms with Crippen LogP contribution in [0.5, 0.6) is 0 Å². The minimum Gasteiger partial charge on any atom is -0.336 e. The van der Waals surface area contributed by atoms with Gasteiger partial charge >= 0.3 is 0 Å². The number of amides is 1. The number of carbonyl (C=O) groups is 1. The van der Waals surface area contributed by atoms with E-state index >= 15 is 0 Å². The minimum atomic E-state index is -0.848. The van der Waals surface area contributed by atoms with Gasteiger partial charge in [-0.1, -0.05) is 31.5 Å². The third-order valence-corrected chi connectivity index (χ3v) is 2.72. The molecule has 17 heavy (non-hydrogen) atoms. The molecule has 2 rings (SSSR count). The van der Waals surface area contributed by atoms with Gasteiger partial charge in [0.25, 0.3) is 5.91 Å². The molecule has 3 heteroatoms. The normalized spacial score (nSPS) is 18.6. The van der Waals surface area contributed by atoms with E-state index in [0.29, 0.717) is 18.5 Å². The summed E-state index contributed by atoms with van der Waals surface area (Å²) in [5.41, 5.74) is 1.77. The Balaban J connectivity index is 0.000000686. The van der Waals surface area contributed by atoms with Gasteiger partial charge in [-0.2, -0.15) is 0 Å². The van der Waals surface area contributed by atoms with Gasteiger partial charge in [-0.05, 0) is 25.5 Å². The number of hydrogen-bond acceptors (Lipinski definition) is 1. The molecule has 1 fully saturated rings. The number of likely N-dealkylation sites (tertiary alicyclic amines) is 1. The van der Waals surface area contributed by atoms with Crippen molar-refractivity contribution < 1.29 is 9.18 Å². The zero-order valence-electron chi connectivity index (χ0n) is 10.7. The Labute approximate surface area is 102 Å². The Morgan fingerprint density at radius 3 is 2.35 bits per heavy atom. The molecule has 0 N–H and O–H groups in total. The molecule has 1 amide bonds. The maximum absolute atomic E-state index is 12.9. The van der Waals surface area contributed by atoms with E-state index in [1.807, 2.05) is 32.9 Å². The highest BCUT2D eigenvalue weighted by atomic mass is 19.1. The number of aryl methyl sites for hydroxylation is 1. The number of alkyl halides is 1. The molecule has 1 unspecified atom stereocenters. The molecule has 0 aromatic heterocycles. The van der Waals surface area contributed by atoms with Crippen LogP contribution in [0.15, 0.2) is 24.3 Å². The lowest BCUT2D eigenvalue weighted by molar-refractivity contribution is 0.0783. The molecule has 0 radical (unpaired) electrons. The topological polar surface area (TPSA) is 20.3 Å². The first-order valence-electron chi connectivity index (χ1n) is 6.17. The Kier molecular flexibility index (Phi) is 5.13. The lowest BCUT2D eigenvalue weighted by atomic mass is 10.1. The van der Waals surface area contributed by atoms with Crippen LogP contribution in [0, 0.1) is 6.92 Å². The van der Waals surface area contributed by atoms with Gasteiger partial charge in [-0.25, -0.2) is 4.39 Å². The Morgan fingerprint density at radius 2 is 1.88 bits per heavy atom. The van der Waals surface area contributed by atoms with Gasteiger partial charge in [0.2, 0.25) is 0 Å². The van der Waals surface area contributed by atoms with E-state index in [-0.39, 0.29) is 12.5 Å². The number of halogens is 1. The summed E-state index contributed by atoms with van der Waals surface area (Å²) in [4.78, 5) is 13.4. The molecule has 0 bridgehead atoms. The fourth-order valence-electron chi connectivity index (χ4n) is 1.78. The maximum Gasteiger partial charge on any atom is 0.253 e. The smallest absolute Gasteiger partial charge is 0.253 e. The van der Waals surface area contributed by atoms with Gasteiger partial charge in [0.05, 0.1) is 6.54 Å². The summed E-state index contributed by atoms with van der Waals surface area (Å²) in [6.45, 7) is 6.75. The van der Waals surface area contributed by atoms with Crippen LogP contribution in [0.2, 0.25) is 0 Å². The average molecular weight is 237 g/mol. The predicted molar refractivity (Wildman–Crippen MR) is 67.9 cm³/mol. The highest BCUT2D eigenvalue weighted by molar-refractivity contribution is 5.94. The standard InChI is InChI=1S/C12H14FNO.C2H6/c1-9-2-4-10(5-3-9)12(15)14-7-6-11(13)8-14;1-2/h2-5,11H,6-8H2,1H3;1-2H3. The average Bonchev–Trinajstić information content (AvgIpc) is 2.79. The Hall–Kier alpha value is -1.38. The van der Waals surface area contributed by atoms with Gasteiger partial charge in [0.15, 0.2) is 0 Å². The van der Waals surface area contributed by atoms with Crippen LogP contribution in [0.1, 0.15) is 36.2 Å². The van der Waals surface area contributed by atoms with Crippen molar-refractivity contribution in [2.45, 2.75) is 33.4 Å². The molecule has 94 valence electrons. The minimum absolute atomic E-state index is 0.0600. The van der Waals surface area contributed by atoms with Crippen LogP contribution in [0.4, 0.5) is 4.39 Å². The van der Waals surface area contributed by atoms with Crippen molar-refractivity contribution in [3.8, 4) is 0 Å². The van der Waals surface area contributed by atoms with Crippen LogP contribution < -0.4 is 0 Å². The molecule has 2 nitrogen and oxygen atoms in total. The zero-order chi connectivity index (χ0) is 12.8. The molecule has 1 atom stereocenters. The van der Waals surface area contributed by atoms with Crippen molar-refractivity contribution in [2.75, 3.05) is 13.1 Å². The van der Waals surface area contributed by atoms with Crippen molar-refractivity contribution in [1.82, 2.24) is 4.90 Å². The summed E-state index contributed by atoms with van der Waals surface area (Å²) in [7, 11) is 0. The van der Waals surface area contributed by atoms with E-state index in [9.17, 15) is 9.18 Å². The van der Waals surface area contributed by atoms with E-state index in [0.717, 1.165) is 5.56 Å². The van der Waals surface area contributed by atoms with Crippen LogP contribution >= 0.6 is 0 Å². The number of nitrogens with zero attached hydrogens (tertiary/aromatic N) is 1.